The van der Waals surface area contributed by atoms with Gasteiger partial charge in [0.2, 0.25) is 10.0 Å². The van der Waals surface area contributed by atoms with Crippen molar-refractivity contribution in [1.29, 1.82) is 0 Å². The minimum atomic E-state index is -3.53. The fourth-order valence-electron chi connectivity index (χ4n) is 1.61. The lowest BCUT2D eigenvalue weighted by atomic mass is 10.2. The molecule has 0 aliphatic rings. The summed E-state index contributed by atoms with van der Waals surface area (Å²) in [6.07, 6.45) is 0.484. The minimum absolute atomic E-state index is 0.0129. The summed E-state index contributed by atoms with van der Waals surface area (Å²) in [4.78, 5) is 11.9. The third kappa shape index (κ3) is 4.52. The predicted octanol–water partition coefficient (Wildman–Crippen LogP) is 0.828. The lowest BCUT2D eigenvalue weighted by Gasteiger charge is -2.21. The first-order valence-corrected chi connectivity index (χ1v) is 8.22. The highest BCUT2D eigenvalue weighted by Gasteiger charge is 2.23. The van der Waals surface area contributed by atoms with Gasteiger partial charge in [0.1, 0.15) is 0 Å². The fraction of sp³-hybridized carbons (Fsp3) is 0.500. The maximum Gasteiger partial charge on any atom is 0.251 e. The number of hydrogen-bond acceptors (Lipinski definition) is 4. The van der Waals surface area contributed by atoms with E-state index in [-0.39, 0.29) is 23.5 Å². The second-order valence-corrected chi connectivity index (χ2v) is 6.97. The Morgan fingerprint density at radius 3 is 2.33 bits per heavy atom. The molecule has 0 fully saturated rings. The van der Waals surface area contributed by atoms with Crippen LogP contribution in [-0.2, 0) is 10.0 Å². The molecule has 0 heterocycles. The molecule has 0 saturated carbocycles. The van der Waals surface area contributed by atoms with E-state index in [1.165, 1.54) is 35.6 Å². The lowest BCUT2D eigenvalue weighted by molar-refractivity contribution is 0.0951. The lowest BCUT2D eigenvalue weighted by Crippen LogP contribution is -2.33. The molecule has 0 radical (unpaired) electrons. The van der Waals surface area contributed by atoms with Crippen LogP contribution in [0.5, 0.6) is 0 Å². The van der Waals surface area contributed by atoms with Crippen LogP contribution in [0, 0.1) is 0 Å². The number of aliphatic hydroxyl groups is 1. The summed E-state index contributed by atoms with van der Waals surface area (Å²) in [5, 5.41) is 11.3. The molecule has 0 aliphatic heterocycles. The van der Waals surface area contributed by atoms with Crippen LogP contribution in [0.1, 0.15) is 30.6 Å². The van der Waals surface area contributed by atoms with Gasteiger partial charge in [-0.3, -0.25) is 4.79 Å². The molecule has 1 amide bonds. The smallest absolute Gasteiger partial charge is 0.251 e. The first kappa shape index (κ1) is 17.6. The van der Waals surface area contributed by atoms with E-state index in [9.17, 15) is 13.2 Å². The molecule has 7 heteroatoms. The zero-order valence-corrected chi connectivity index (χ0v) is 13.4. The van der Waals surface area contributed by atoms with E-state index >= 15 is 0 Å². The van der Waals surface area contributed by atoms with Crippen molar-refractivity contribution in [2.75, 3.05) is 20.2 Å². The number of aliphatic hydroxyl groups excluding tert-OH is 1. The first-order chi connectivity index (χ1) is 9.80. The molecular weight excluding hydrogens is 292 g/mol. The Kier molecular flexibility index (Phi) is 6.32. The molecule has 0 spiro atoms. The van der Waals surface area contributed by atoms with Crippen molar-refractivity contribution < 1.29 is 18.3 Å². The SMILES string of the molecule is CC(C)N(C)S(=O)(=O)c1ccc(C(=O)NCCCO)cc1. The van der Waals surface area contributed by atoms with Crippen molar-refractivity contribution in [3.05, 3.63) is 29.8 Å². The van der Waals surface area contributed by atoms with Gasteiger partial charge >= 0.3 is 0 Å². The Balaban J connectivity index is 2.85. The zero-order valence-electron chi connectivity index (χ0n) is 12.5. The average molecular weight is 314 g/mol. The third-order valence-corrected chi connectivity index (χ3v) is 5.19. The molecule has 118 valence electrons. The maximum atomic E-state index is 12.3. The van der Waals surface area contributed by atoms with Crippen LogP contribution in [0.25, 0.3) is 0 Å². The number of carbonyl (C=O) groups is 1. The van der Waals surface area contributed by atoms with Crippen molar-refractivity contribution in [3.8, 4) is 0 Å². The van der Waals surface area contributed by atoms with E-state index in [1.54, 1.807) is 13.8 Å². The Morgan fingerprint density at radius 2 is 1.86 bits per heavy atom. The van der Waals surface area contributed by atoms with Crippen molar-refractivity contribution >= 4 is 15.9 Å². The number of sulfonamides is 1. The Labute approximate surface area is 125 Å². The van der Waals surface area contributed by atoms with Crippen molar-refractivity contribution in [2.24, 2.45) is 0 Å². The molecule has 2 N–H and O–H groups in total. The number of amides is 1. The molecule has 21 heavy (non-hydrogen) atoms. The van der Waals surface area contributed by atoms with Crippen LogP contribution in [0.3, 0.4) is 0 Å². The molecule has 1 aromatic rings. The van der Waals surface area contributed by atoms with Gasteiger partial charge in [-0.15, -0.1) is 0 Å². The average Bonchev–Trinajstić information content (AvgIpc) is 2.46. The van der Waals surface area contributed by atoms with Crippen molar-refractivity contribution in [2.45, 2.75) is 31.2 Å². The first-order valence-electron chi connectivity index (χ1n) is 6.78. The maximum absolute atomic E-state index is 12.3. The largest absolute Gasteiger partial charge is 0.396 e. The summed E-state index contributed by atoms with van der Waals surface area (Å²) in [6.45, 7) is 3.98. The quantitative estimate of drug-likeness (QED) is 0.730. The summed E-state index contributed by atoms with van der Waals surface area (Å²) in [5.74, 6) is -0.287. The van der Waals surface area contributed by atoms with E-state index in [4.69, 9.17) is 5.11 Å². The molecule has 0 saturated heterocycles. The van der Waals surface area contributed by atoms with Gasteiger partial charge in [0.15, 0.2) is 0 Å². The van der Waals surface area contributed by atoms with E-state index < -0.39 is 10.0 Å². The molecule has 0 atom stereocenters. The molecule has 0 aromatic heterocycles. The summed E-state index contributed by atoms with van der Waals surface area (Å²) < 4.78 is 25.8. The van der Waals surface area contributed by atoms with E-state index in [2.05, 4.69) is 5.32 Å². The minimum Gasteiger partial charge on any atom is -0.396 e. The van der Waals surface area contributed by atoms with E-state index in [0.29, 0.717) is 18.5 Å². The van der Waals surface area contributed by atoms with Crippen LogP contribution in [0.4, 0.5) is 0 Å². The summed E-state index contributed by atoms with van der Waals surface area (Å²) in [7, 11) is -2.01. The molecular formula is C14H22N2O4S. The van der Waals surface area contributed by atoms with Gasteiger partial charge in [0.25, 0.3) is 5.91 Å². The number of nitrogens with zero attached hydrogens (tertiary/aromatic N) is 1. The molecule has 0 bridgehead atoms. The summed E-state index contributed by atoms with van der Waals surface area (Å²) in [5.41, 5.74) is 0.388. The van der Waals surface area contributed by atoms with Gasteiger partial charge in [-0.2, -0.15) is 4.31 Å². The Hall–Kier alpha value is -1.44. The number of rotatable bonds is 7. The standard InChI is InChI=1S/C14H22N2O4S/c1-11(2)16(3)21(19,20)13-7-5-12(6-8-13)14(18)15-9-4-10-17/h5-8,11,17H,4,9-10H2,1-3H3,(H,15,18). The highest BCUT2D eigenvalue weighted by atomic mass is 32.2. The Bertz CT molecular complexity index is 567. The Morgan fingerprint density at radius 1 is 1.29 bits per heavy atom. The van der Waals surface area contributed by atoms with Gasteiger partial charge in [-0.05, 0) is 44.5 Å². The van der Waals surface area contributed by atoms with Gasteiger partial charge in [0, 0.05) is 31.8 Å². The summed E-state index contributed by atoms with van der Waals surface area (Å²) in [6, 6.07) is 5.67. The zero-order chi connectivity index (χ0) is 16.0. The van der Waals surface area contributed by atoms with Gasteiger partial charge < -0.3 is 10.4 Å². The second-order valence-electron chi connectivity index (χ2n) is 4.97. The second kappa shape index (κ2) is 7.53. The summed E-state index contributed by atoms with van der Waals surface area (Å²) >= 11 is 0. The monoisotopic (exact) mass is 314 g/mol. The van der Waals surface area contributed by atoms with E-state index in [1.807, 2.05) is 0 Å². The van der Waals surface area contributed by atoms with Crippen LogP contribution >= 0.6 is 0 Å². The molecule has 1 aromatic carbocycles. The van der Waals surface area contributed by atoms with Gasteiger partial charge in [-0.1, -0.05) is 0 Å². The third-order valence-electron chi connectivity index (χ3n) is 3.14. The fourth-order valence-corrected chi connectivity index (χ4v) is 2.97. The van der Waals surface area contributed by atoms with Crippen LogP contribution < -0.4 is 5.32 Å². The van der Waals surface area contributed by atoms with E-state index in [0.717, 1.165) is 0 Å². The van der Waals surface area contributed by atoms with Crippen LogP contribution in [-0.4, -0.2) is 50.0 Å². The number of hydrogen-bond donors (Lipinski definition) is 2. The molecule has 1 rings (SSSR count). The molecule has 6 nitrogen and oxygen atoms in total. The topological polar surface area (TPSA) is 86.7 Å². The number of carbonyl (C=O) groups excluding carboxylic acids is 1. The molecule has 0 unspecified atom stereocenters. The van der Waals surface area contributed by atoms with Crippen molar-refractivity contribution in [1.82, 2.24) is 9.62 Å². The van der Waals surface area contributed by atoms with Crippen LogP contribution in [0.15, 0.2) is 29.2 Å². The number of benzene rings is 1. The highest BCUT2D eigenvalue weighted by molar-refractivity contribution is 7.89. The van der Waals surface area contributed by atoms with Crippen LogP contribution in [0.2, 0.25) is 0 Å². The predicted molar refractivity (Wildman–Crippen MR) is 80.6 cm³/mol. The molecule has 0 aliphatic carbocycles. The van der Waals surface area contributed by atoms with Crippen molar-refractivity contribution in [3.63, 3.8) is 0 Å². The normalized spacial score (nSPS) is 11.9. The highest BCUT2D eigenvalue weighted by Crippen LogP contribution is 2.17. The number of nitrogens with one attached hydrogen (secondary N) is 1. The van der Waals surface area contributed by atoms with Gasteiger partial charge in [0.05, 0.1) is 4.90 Å². The van der Waals surface area contributed by atoms with Gasteiger partial charge in [-0.25, -0.2) is 8.42 Å².